The van der Waals surface area contributed by atoms with Crippen LogP contribution in [0.1, 0.15) is 19.4 Å². The zero-order valence-electron chi connectivity index (χ0n) is 23.8. The maximum absolute atomic E-state index is 15.3. The summed E-state index contributed by atoms with van der Waals surface area (Å²) >= 11 is 0. The predicted octanol–water partition coefficient (Wildman–Crippen LogP) is 7.27. The highest BCUT2D eigenvalue weighted by Crippen LogP contribution is 2.34. The van der Waals surface area contributed by atoms with Gasteiger partial charge in [0.2, 0.25) is 5.43 Å². The van der Waals surface area contributed by atoms with E-state index < -0.39 is 11.4 Å². The topological polar surface area (TPSA) is 109 Å². The Kier molecular flexibility index (Phi) is 7.25. The van der Waals surface area contributed by atoms with Crippen LogP contribution >= 0.6 is 0 Å². The second kappa shape index (κ2) is 11.2. The highest BCUT2D eigenvalue weighted by molar-refractivity contribution is 5.93. The van der Waals surface area contributed by atoms with Crippen molar-refractivity contribution in [3.8, 4) is 28.4 Å². The number of nitrogens with one attached hydrogen (secondary N) is 2. The Morgan fingerprint density at radius 2 is 1.81 bits per heavy atom. The number of aromatic nitrogens is 3. The zero-order valence-corrected chi connectivity index (χ0v) is 23.8. The number of aliphatic hydroxyl groups is 1. The molecular formula is C34H29FN4O4. The molecule has 6 aromatic rings. The fourth-order valence-electron chi connectivity index (χ4n) is 4.74. The number of aromatic amines is 1. The number of aryl methyl sites for hydroxylation is 1. The highest BCUT2D eigenvalue weighted by Gasteiger charge is 2.16. The standard InChI is InChI=1S/C34H29FN4O4/c1-20-5-4-6-21(15-20)25-18-38-27-11-13-37-33(31(27)32(25)40)39-22-7-10-30(26(35)16-22)43-29-12-14-36-28-17-23(8-9-24(28)29)42-19-34(2,3)41/h4-18,41H,19H2,1-3H3,(H,37,39)(H,38,40). The number of nitrogens with zero attached hydrogens (tertiary/aromatic N) is 2. The summed E-state index contributed by atoms with van der Waals surface area (Å²) in [6, 6.07) is 20.8. The van der Waals surface area contributed by atoms with Crippen molar-refractivity contribution >= 4 is 33.3 Å². The van der Waals surface area contributed by atoms with E-state index in [4.69, 9.17) is 9.47 Å². The van der Waals surface area contributed by atoms with Gasteiger partial charge in [-0.05, 0) is 62.7 Å². The Labute approximate surface area is 246 Å². The van der Waals surface area contributed by atoms with Crippen LogP contribution < -0.4 is 20.2 Å². The maximum atomic E-state index is 15.3. The van der Waals surface area contributed by atoms with Crippen LogP contribution in [0.15, 0.2) is 96.2 Å². The number of halogens is 1. The molecule has 0 amide bonds. The maximum Gasteiger partial charge on any atom is 0.200 e. The van der Waals surface area contributed by atoms with E-state index in [-0.39, 0.29) is 17.8 Å². The number of benzene rings is 3. The third-order valence-electron chi connectivity index (χ3n) is 6.80. The Hall–Kier alpha value is -5.28. The first kappa shape index (κ1) is 27.9. The monoisotopic (exact) mass is 576 g/mol. The van der Waals surface area contributed by atoms with Gasteiger partial charge < -0.3 is 24.9 Å². The van der Waals surface area contributed by atoms with Gasteiger partial charge in [-0.2, -0.15) is 0 Å². The molecule has 0 spiro atoms. The van der Waals surface area contributed by atoms with E-state index in [9.17, 15) is 9.90 Å². The van der Waals surface area contributed by atoms with Crippen molar-refractivity contribution in [2.45, 2.75) is 26.4 Å². The fraction of sp³-hybridized carbons (Fsp3) is 0.147. The van der Waals surface area contributed by atoms with E-state index in [1.807, 2.05) is 31.2 Å². The number of fused-ring (bicyclic) bond motifs is 2. The van der Waals surface area contributed by atoms with Gasteiger partial charge in [-0.1, -0.05) is 29.8 Å². The molecule has 0 aliphatic rings. The molecule has 0 bridgehead atoms. The molecule has 9 heteroatoms. The summed E-state index contributed by atoms with van der Waals surface area (Å²) in [5.41, 5.74) is 2.80. The Morgan fingerprint density at radius 3 is 2.60 bits per heavy atom. The van der Waals surface area contributed by atoms with Gasteiger partial charge in [-0.15, -0.1) is 0 Å². The molecule has 0 aliphatic heterocycles. The first-order valence-corrected chi connectivity index (χ1v) is 13.7. The van der Waals surface area contributed by atoms with Crippen molar-refractivity contribution < 1.29 is 19.0 Å². The summed E-state index contributed by atoms with van der Waals surface area (Å²) < 4.78 is 26.9. The molecule has 0 saturated carbocycles. The molecule has 3 aromatic carbocycles. The summed E-state index contributed by atoms with van der Waals surface area (Å²) in [7, 11) is 0. The van der Waals surface area contributed by atoms with E-state index in [0.717, 1.165) is 11.1 Å². The van der Waals surface area contributed by atoms with Crippen molar-refractivity contribution in [3.63, 3.8) is 0 Å². The molecule has 0 radical (unpaired) electrons. The molecule has 216 valence electrons. The van der Waals surface area contributed by atoms with Crippen LogP contribution in [0.5, 0.6) is 17.2 Å². The molecule has 8 nitrogen and oxygen atoms in total. The third-order valence-corrected chi connectivity index (χ3v) is 6.80. The van der Waals surface area contributed by atoms with Crippen LogP contribution in [0.3, 0.4) is 0 Å². The molecule has 3 aromatic heterocycles. The van der Waals surface area contributed by atoms with E-state index in [1.165, 1.54) is 12.1 Å². The summed E-state index contributed by atoms with van der Waals surface area (Å²) in [5, 5.41) is 14.1. The normalized spacial score (nSPS) is 11.6. The van der Waals surface area contributed by atoms with Crippen LogP contribution in [0.2, 0.25) is 0 Å². The van der Waals surface area contributed by atoms with Crippen LogP contribution in [0, 0.1) is 12.7 Å². The van der Waals surface area contributed by atoms with E-state index in [2.05, 4.69) is 20.3 Å². The van der Waals surface area contributed by atoms with Crippen LogP contribution in [0.25, 0.3) is 32.9 Å². The first-order valence-electron chi connectivity index (χ1n) is 13.7. The number of hydrogen-bond acceptors (Lipinski definition) is 7. The Bertz CT molecular complexity index is 2030. The van der Waals surface area contributed by atoms with Gasteiger partial charge >= 0.3 is 0 Å². The van der Waals surface area contributed by atoms with Gasteiger partial charge in [0.15, 0.2) is 11.6 Å². The molecule has 3 N–H and O–H groups in total. The predicted molar refractivity (Wildman–Crippen MR) is 166 cm³/mol. The van der Waals surface area contributed by atoms with Crippen molar-refractivity contribution in [1.29, 1.82) is 0 Å². The summed E-state index contributed by atoms with van der Waals surface area (Å²) in [4.78, 5) is 25.5. The minimum atomic E-state index is -0.977. The minimum Gasteiger partial charge on any atom is -0.491 e. The van der Waals surface area contributed by atoms with E-state index in [0.29, 0.717) is 50.4 Å². The lowest BCUT2D eigenvalue weighted by atomic mass is 10.0. The lowest BCUT2D eigenvalue weighted by Crippen LogP contribution is -2.27. The second-order valence-corrected chi connectivity index (χ2v) is 10.9. The lowest BCUT2D eigenvalue weighted by molar-refractivity contribution is 0.0285. The number of pyridine rings is 3. The SMILES string of the molecule is Cc1cccc(-c2c[nH]c3ccnc(Nc4ccc(Oc5ccnc6cc(OCC(C)(C)O)ccc56)c(F)c4)c3c2=O)c1. The number of H-pyrrole nitrogens is 1. The molecule has 3 heterocycles. The molecule has 6 rings (SSSR count). The van der Waals surface area contributed by atoms with Gasteiger partial charge in [0.05, 0.1) is 22.0 Å². The number of ether oxygens (including phenoxy) is 2. The quantitative estimate of drug-likeness (QED) is 0.175. The molecule has 0 unspecified atom stereocenters. The Morgan fingerprint density at radius 1 is 0.977 bits per heavy atom. The van der Waals surface area contributed by atoms with Gasteiger partial charge in [0.1, 0.15) is 23.9 Å². The van der Waals surface area contributed by atoms with Crippen LogP contribution in [-0.4, -0.2) is 32.3 Å². The molecule has 0 fully saturated rings. The minimum absolute atomic E-state index is 0.0193. The number of hydrogen-bond donors (Lipinski definition) is 3. The zero-order chi connectivity index (χ0) is 30.1. The van der Waals surface area contributed by atoms with E-state index in [1.54, 1.807) is 68.8 Å². The van der Waals surface area contributed by atoms with Crippen molar-refractivity contribution in [2.24, 2.45) is 0 Å². The lowest BCUT2D eigenvalue weighted by Gasteiger charge is -2.18. The second-order valence-electron chi connectivity index (χ2n) is 10.9. The average molecular weight is 577 g/mol. The van der Waals surface area contributed by atoms with Crippen LogP contribution in [0.4, 0.5) is 15.9 Å². The smallest absolute Gasteiger partial charge is 0.200 e. The van der Waals surface area contributed by atoms with Gasteiger partial charge in [0.25, 0.3) is 0 Å². The molecule has 0 atom stereocenters. The fourth-order valence-corrected chi connectivity index (χ4v) is 4.74. The van der Waals surface area contributed by atoms with Crippen LogP contribution in [-0.2, 0) is 0 Å². The van der Waals surface area contributed by atoms with Crippen molar-refractivity contribution in [1.82, 2.24) is 15.0 Å². The number of anilines is 2. The highest BCUT2D eigenvalue weighted by atomic mass is 19.1. The van der Waals surface area contributed by atoms with Crippen molar-refractivity contribution in [2.75, 3.05) is 11.9 Å². The average Bonchev–Trinajstić information content (AvgIpc) is 2.97. The first-order chi connectivity index (χ1) is 20.6. The molecule has 43 heavy (non-hydrogen) atoms. The summed E-state index contributed by atoms with van der Waals surface area (Å²) in [6.45, 7) is 5.41. The van der Waals surface area contributed by atoms with Gasteiger partial charge in [-0.25, -0.2) is 9.37 Å². The van der Waals surface area contributed by atoms with Gasteiger partial charge in [0, 0.05) is 47.4 Å². The van der Waals surface area contributed by atoms with Gasteiger partial charge in [-0.3, -0.25) is 9.78 Å². The summed E-state index contributed by atoms with van der Waals surface area (Å²) in [6.07, 6.45) is 4.85. The van der Waals surface area contributed by atoms with E-state index >= 15 is 4.39 Å². The molecular weight excluding hydrogens is 547 g/mol. The van der Waals surface area contributed by atoms with Crippen molar-refractivity contribution in [3.05, 3.63) is 113 Å². The number of rotatable bonds is 8. The Balaban J connectivity index is 1.27. The largest absolute Gasteiger partial charge is 0.491 e. The summed E-state index contributed by atoms with van der Waals surface area (Å²) in [5.74, 6) is 0.696. The molecule has 0 saturated heterocycles. The molecule has 0 aliphatic carbocycles. The third kappa shape index (κ3) is 6.02.